The summed E-state index contributed by atoms with van der Waals surface area (Å²) in [4.78, 5) is 24.4. The van der Waals surface area contributed by atoms with Crippen LogP contribution in [0.15, 0.2) is 35.7 Å². The largest absolute Gasteiger partial charge is 0.385 e. The first kappa shape index (κ1) is 14.9. The number of nitrogens with one attached hydrogen (secondary N) is 1. The number of hydrazine groups is 1. The molecule has 0 amide bonds. The van der Waals surface area contributed by atoms with E-state index < -0.39 is 11.6 Å². The highest BCUT2D eigenvalue weighted by atomic mass is 32.1. The first-order chi connectivity index (χ1) is 9.30. The average molecular weight is 293 g/mol. The third-order valence-electron chi connectivity index (χ3n) is 3.83. The molecule has 0 aromatic heterocycles. The second-order valence-electron chi connectivity index (χ2n) is 5.44. The molecule has 0 aromatic rings. The van der Waals surface area contributed by atoms with Gasteiger partial charge in [-0.1, -0.05) is 26.0 Å². The van der Waals surface area contributed by atoms with Gasteiger partial charge in [0.1, 0.15) is 17.4 Å². The van der Waals surface area contributed by atoms with Crippen LogP contribution >= 0.6 is 12.6 Å². The topological polar surface area (TPSA) is 75.4 Å². The molecule has 2 unspecified atom stereocenters. The summed E-state index contributed by atoms with van der Waals surface area (Å²) in [7, 11) is 0. The number of nitrogens with two attached hydrogens (primary N) is 1. The predicted molar refractivity (Wildman–Crippen MR) is 80.5 cm³/mol. The van der Waals surface area contributed by atoms with Gasteiger partial charge in [-0.15, -0.1) is 12.6 Å². The summed E-state index contributed by atoms with van der Waals surface area (Å²) >= 11 is 4.03. The van der Waals surface area contributed by atoms with Gasteiger partial charge in [0.25, 0.3) is 0 Å². The van der Waals surface area contributed by atoms with Crippen molar-refractivity contribution in [1.82, 2.24) is 10.4 Å². The van der Waals surface area contributed by atoms with Crippen molar-refractivity contribution in [2.24, 2.45) is 11.7 Å². The molecule has 2 atom stereocenters. The summed E-state index contributed by atoms with van der Waals surface area (Å²) in [5.74, 6) is 0.184. The number of rotatable bonds is 3. The molecule has 1 aliphatic carbocycles. The normalized spacial score (nSPS) is 30.2. The van der Waals surface area contributed by atoms with E-state index in [0.717, 1.165) is 5.57 Å². The number of carbonyl (C=O) groups is 2. The fourth-order valence-corrected chi connectivity index (χ4v) is 3.17. The Labute approximate surface area is 124 Å². The third-order valence-corrected chi connectivity index (χ3v) is 4.18. The van der Waals surface area contributed by atoms with Gasteiger partial charge < -0.3 is 11.2 Å². The Bertz CT molecular complexity index is 551. The van der Waals surface area contributed by atoms with Crippen molar-refractivity contribution in [2.75, 3.05) is 0 Å². The molecule has 108 valence electrons. The maximum Gasteiger partial charge on any atom is 0.212 e. The highest BCUT2D eigenvalue weighted by molar-refractivity contribution is 7.96. The summed E-state index contributed by atoms with van der Waals surface area (Å²) < 4.78 is 0. The van der Waals surface area contributed by atoms with Crippen LogP contribution in [0.3, 0.4) is 0 Å². The Hall–Kier alpha value is -1.53. The van der Waals surface area contributed by atoms with Crippen molar-refractivity contribution in [2.45, 2.75) is 32.4 Å². The van der Waals surface area contributed by atoms with Gasteiger partial charge in [0.05, 0.1) is 0 Å². The second-order valence-corrected chi connectivity index (χ2v) is 5.85. The van der Waals surface area contributed by atoms with Crippen LogP contribution < -0.4 is 11.2 Å². The molecule has 1 heterocycles. The summed E-state index contributed by atoms with van der Waals surface area (Å²) in [6.45, 7) is 5.66. The molecule has 0 fully saturated rings. The minimum absolute atomic E-state index is 0.0831. The molecule has 5 nitrogen and oxygen atoms in total. The standard InChI is InChI=1S/C14H19N3O2S/c1-8(2)14(13(19)20)7-11(15)16-17(14)12-9(3)5-4-6-10(12)18/h4-8,12,16H,15H2,1-3H3,(H,19,20). The van der Waals surface area contributed by atoms with Gasteiger partial charge in [0.15, 0.2) is 5.78 Å². The van der Waals surface area contributed by atoms with Gasteiger partial charge in [-0.25, -0.2) is 0 Å². The van der Waals surface area contributed by atoms with E-state index in [1.807, 2.05) is 26.8 Å². The molecule has 1 aliphatic heterocycles. The van der Waals surface area contributed by atoms with Crippen molar-refractivity contribution in [3.8, 4) is 0 Å². The quantitative estimate of drug-likeness (QED) is 0.675. The first-order valence-corrected chi connectivity index (χ1v) is 6.92. The SMILES string of the molecule is CC1=CC=CC(=O)C1N1NC(N)=CC1(C(=O)S)C(C)C. The van der Waals surface area contributed by atoms with E-state index in [1.165, 1.54) is 6.08 Å². The summed E-state index contributed by atoms with van der Waals surface area (Å²) in [5, 5.41) is 1.29. The van der Waals surface area contributed by atoms with Crippen molar-refractivity contribution < 1.29 is 9.59 Å². The third kappa shape index (κ3) is 2.09. The molecule has 0 radical (unpaired) electrons. The van der Waals surface area contributed by atoms with E-state index in [0.29, 0.717) is 5.82 Å². The Kier molecular flexibility index (Phi) is 3.80. The van der Waals surface area contributed by atoms with Crippen molar-refractivity contribution in [3.05, 3.63) is 35.7 Å². The number of nitrogens with zero attached hydrogens (tertiary/aromatic N) is 1. The lowest BCUT2D eigenvalue weighted by Crippen LogP contribution is -2.62. The summed E-state index contributed by atoms with van der Waals surface area (Å²) in [6.07, 6.45) is 6.71. The molecule has 2 aliphatic rings. The van der Waals surface area contributed by atoms with Gasteiger partial charge in [-0.05, 0) is 30.6 Å². The Morgan fingerprint density at radius 1 is 1.55 bits per heavy atom. The monoisotopic (exact) mass is 293 g/mol. The fourth-order valence-electron chi connectivity index (χ4n) is 2.74. The van der Waals surface area contributed by atoms with Crippen molar-refractivity contribution >= 4 is 23.5 Å². The van der Waals surface area contributed by atoms with Crippen LogP contribution in [0.1, 0.15) is 20.8 Å². The lowest BCUT2D eigenvalue weighted by Gasteiger charge is -2.42. The van der Waals surface area contributed by atoms with Gasteiger partial charge in [-0.2, -0.15) is 5.01 Å². The maximum atomic E-state index is 12.2. The molecular formula is C14H19N3O2S. The lowest BCUT2D eigenvalue weighted by molar-refractivity contribution is -0.129. The van der Waals surface area contributed by atoms with Crippen LogP contribution in [0, 0.1) is 5.92 Å². The molecule has 6 heteroatoms. The zero-order chi connectivity index (χ0) is 15.1. The van der Waals surface area contributed by atoms with E-state index in [9.17, 15) is 9.59 Å². The number of carbonyl (C=O) groups excluding carboxylic acids is 2. The van der Waals surface area contributed by atoms with Gasteiger partial charge >= 0.3 is 0 Å². The zero-order valence-corrected chi connectivity index (χ0v) is 12.6. The van der Waals surface area contributed by atoms with Gasteiger partial charge in [0, 0.05) is 0 Å². The summed E-state index contributed by atoms with van der Waals surface area (Å²) in [5.41, 5.74) is 8.61. The van der Waals surface area contributed by atoms with Crippen LogP contribution in [-0.2, 0) is 9.59 Å². The van der Waals surface area contributed by atoms with Crippen LogP contribution in [0.2, 0.25) is 0 Å². The molecule has 0 saturated carbocycles. The van der Waals surface area contributed by atoms with E-state index in [-0.39, 0.29) is 16.8 Å². The minimum Gasteiger partial charge on any atom is -0.385 e. The first-order valence-electron chi connectivity index (χ1n) is 6.47. The van der Waals surface area contributed by atoms with Crippen LogP contribution in [0.5, 0.6) is 0 Å². The van der Waals surface area contributed by atoms with Gasteiger partial charge in [-0.3, -0.25) is 9.59 Å². The fraction of sp³-hybridized carbons (Fsp3) is 0.429. The molecule has 0 saturated heterocycles. The van der Waals surface area contributed by atoms with E-state index >= 15 is 0 Å². The van der Waals surface area contributed by atoms with Crippen molar-refractivity contribution in [1.29, 1.82) is 0 Å². The van der Waals surface area contributed by atoms with E-state index in [1.54, 1.807) is 17.2 Å². The second kappa shape index (κ2) is 5.10. The molecule has 3 N–H and O–H groups in total. The Morgan fingerprint density at radius 2 is 2.20 bits per heavy atom. The molecule has 2 rings (SSSR count). The van der Waals surface area contributed by atoms with Gasteiger partial charge in [0.2, 0.25) is 5.12 Å². The number of hydrogen-bond donors (Lipinski definition) is 3. The predicted octanol–water partition coefficient (Wildman–Crippen LogP) is 0.912. The smallest absolute Gasteiger partial charge is 0.212 e. The highest BCUT2D eigenvalue weighted by Crippen LogP contribution is 2.36. The van der Waals surface area contributed by atoms with Crippen LogP contribution in [0.4, 0.5) is 0 Å². The number of hydrogen-bond acceptors (Lipinski definition) is 5. The average Bonchev–Trinajstić information content (AvgIpc) is 2.67. The Balaban J connectivity index is 2.51. The van der Waals surface area contributed by atoms with E-state index in [2.05, 4.69) is 18.1 Å². The molecule has 0 spiro atoms. The van der Waals surface area contributed by atoms with E-state index in [4.69, 9.17) is 5.73 Å². The molecule has 0 aromatic carbocycles. The van der Waals surface area contributed by atoms with Crippen LogP contribution in [0.25, 0.3) is 0 Å². The minimum atomic E-state index is -1.03. The highest BCUT2D eigenvalue weighted by Gasteiger charge is 2.52. The number of ketones is 1. The summed E-state index contributed by atoms with van der Waals surface area (Å²) in [6, 6.07) is -0.559. The maximum absolute atomic E-state index is 12.2. The van der Waals surface area contributed by atoms with Crippen molar-refractivity contribution in [3.63, 3.8) is 0 Å². The molecule has 20 heavy (non-hydrogen) atoms. The number of thiol groups is 1. The lowest BCUT2D eigenvalue weighted by atomic mass is 9.84. The van der Waals surface area contributed by atoms with Crippen LogP contribution in [-0.4, -0.2) is 27.5 Å². The molecular weight excluding hydrogens is 274 g/mol. The zero-order valence-electron chi connectivity index (χ0n) is 11.8. The molecule has 0 bridgehead atoms. The number of allylic oxidation sites excluding steroid dienone is 2. The Morgan fingerprint density at radius 3 is 2.70 bits per heavy atom.